The molecular weight excluding hydrogens is 588 g/mol. The number of benzene rings is 3. The van der Waals surface area contributed by atoms with Crippen LogP contribution in [0.3, 0.4) is 0 Å². The first kappa shape index (κ1) is 29.5. The summed E-state index contributed by atoms with van der Waals surface area (Å²) in [6.45, 7) is 3.72. The first-order chi connectivity index (χ1) is 20.5. The molecule has 1 aliphatic heterocycles. The van der Waals surface area contributed by atoms with Gasteiger partial charge >= 0.3 is 12.4 Å². The number of hydrogen-bond donors (Lipinski definition) is 1. The molecule has 2 heterocycles. The monoisotopic (exact) mass is 610 g/mol. The summed E-state index contributed by atoms with van der Waals surface area (Å²) in [5, 5.41) is 6.81. The molecule has 1 saturated heterocycles. The lowest BCUT2D eigenvalue weighted by Gasteiger charge is -2.20. The largest absolute Gasteiger partial charge is 0.573 e. The van der Waals surface area contributed by atoms with E-state index in [2.05, 4.69) is 25.1 Å². The fraction of sp³-hybridized carbons (Fsp3) is 0.138. The number of carbonyl (C=O) groups is 2. The Balaban J connectivity index is 1.24. The van der Waals surface area contributed by atoms with Crippen molar-refractivity contribution in [1.29, 1.82) is 0 Å². The van der Waals surface area contributed by atoms with Crippen molar-refractivity contribution in [1.82, 2.24) is 20.1 Å². The van der Waals surface area contributed by atoms with E-state index in [0.717, 1.165) is 41.2 Å². The van der Waals surface area contributed by atoms with E-state index >= 15 is 0 Å². The third-order valence-electron chi connectivity index (χ3n) is 6.19. The Bertz CT molecular complexity index is 1710. The number of hydrogen-bond acceptors (Lipinski definition) is 6. The molecular formula is C29H22F4N6O3S. The van der Waals surface area contributed by atoms with Gasteiger partial charge in [-0.15, -0.1) is 18.3 Å². The molecule has 220 valence electrons. The summed E-state index contributed by atoms with van der Waals surface area (Å²) in [5.41, 5.74) is 3.55. The van der Waals surface area contributed by atoms with Crippen LogP contribution in [-0.2, 0) is 4.79 Å². The molecule has 0 radical (unpaired) electrons. The maximum Gasteiger partial charge on any atom is 0.573 e. The minimum absolute atomic E-state index is 0.132. The minimum Gasteiger partial charge on any atom is -0.406 e. The second-order valence-electron chi connectivity index (χ2n) is 9.23. The van der Waals surface area contributed by atoms with E-state index in [4.69, 9.17) is 0 Å². The first-order valence-corrected chi connectivity index (χ1v) is 13.6. The summed E-state index contributed by atoms with van der Waals surface area (Å²) in [5.74, 6) is -0.872. The Morgan fingerprint density at radius 2 is 1.72 bits per heavy atom. The molecule has 0 bridgehead atoms. The number of nitrogens with one attached hydrogen (secondary N) is 1. The zero-order valence-corrected chi connectivity index (χ0v) is 23.4. The van der Waals surface area contributed by atoms with Gasteiger partial charge in [0.05, 0.1) is 17.1 Å². The molecule has 1 fully saturated rings. The van der Waals surface area contributed by atoms with E-state index in [1.807, 2.05) is 32.0 Å². The number of rotatable bonds is 6. The molecule has 1 aromatic heterocycles. The average Bonchev–Trinajstić information content (AvgIpc) is 3.59. The number of aliphatic imine (C=N–C) groups is 1. The Labute approximate surface area is 246 Å². The molecule has 1 N–H and O–H groups in total. The van der Waals surface area contributed by atoms with Gasteiger partial charge in [0, 0.05) is 17.3 Å². The molecule has 1 aliphatic rings. The lowest BCUT2D eigenvalue weighted by Crippen LogP contribution is -2.32. The fourth-order valence-corrected chi connectivity index (χ4v) is 5.10. The molecule has 14 heteroatoms. The number of carbonyl (C=O) groups excluding carboxylic acids is 2. The third kappa shape index (κ3) is 6.92. The number of urea groups is 1. The number of ether oxygens (including phenoxy) is 1. The van der Waals surface area contributed by atoms with Crippen LogP contribution in [0.5, 0.6) is 5.75 Å². The van der Waals surface area contributed by atoms with E-state index in [1.165, 1.54) is 40.2 Å². The predicted octanol–water partition coefficient (Wildman–Crippen LogP) is 6.56. The van der Waals surface area contributed by atoms with Gasteiger partial charge in [0.15, 0.2) is 11.0 Å². The summed E-state index contributed by atoms with van der Waals surface area (Å²) in [7, 11) is 0. The standard InChI is InChI=1S/C29H22F4N6O3S/c1-17-4-3-5-18(2)25(17)39-24(40)15-43-28(39)36-27(41)34-14-23(30)19-6-8-20(9-7-19)26-35-16-38(37-26)21-10-12-22(13-11-21)42-29(31,32)33/h3-14,16H,15H2,1-2H3,(H,34,41)/b23-14-,36-28-. The molecule has 3 amide bonds. The quantitative estimate of drug-likeness (QED) is 0.248. The molecule has 43 heavy (non-hydrogen) atoms. The van der Waals surface area contributed by atoms with Gasteiger partial charge in [0.1, 0.15) is 17.9 Å². The predicted molar refractivity (Wildman–Crippen MR) is 154 cm³/mol. The minimum atomic E-state index is -4.79. The second-order valence-corrected chi connectivity index (χ2v) is 10.2. The van der Waals surface area contributed by atoms with Gasteiger partial charge in [-0.3, -0.25) is 9.69 Å². The maximum atomic E-state index is 14.8. The number of thioether (sulfide) groups is 1. The van der Waals surface area contributed by atoms with Crippen molar-refractivity contribution in [2.75, 3.05) is 10.7 Å². The van der Waals surface area contributed by atoms with Gasteiger partial charge in [-0.2, -0.15) is 4.99 Å². The van der Waals surface area contributed by atoms with Gasteiger partial charge in [-0.1, -0.05) is 54.2 Å². The maximum absolute atomic E-state index is 14.8. The lowest BCUT2D eigenvalue weighted by molar-refractivity contribution is -0.274. The highest BCUT2D eigenvalue weighted by atomic mass is 32.2. The van der Waals surface area contributed by atoms with Crippen molar-refractivity contribution in [2.45, 2.75) is 20.2 Å². The van der Waals surface area contributed by atoms with Gasteiger partial charge in [0.2, 0.25) is 5.91 Å². The first-order valence-electron chi connectivity index (χ1n) is 12.6. The van der Waals surface area contributed by atoms with Crippen LogP contribution in [0.2, 0.25) is 0 Å². The van der Waals surface area contributed by atoms with Gasteiger partial charge in [-0.05, 0) is 49.2 Å². The van der Waals surface area contributed by atoms with Crippen LogP contribution < -0.4 is 15.0 Å². The average molecular weight is 611 g/mol. The Morgan fingerprint density at radius 3 is 2.37 bits per heavy atom. The zero-order valence-electron chi connectivity index (χ0n) is 22.6. The van der Waals surface area contributed by atoms with Crippen molar-refractivity contribution < 1.29 is 31.9 Å². The SMILES string of the molecule is Cc1cccc(C)c1N1C(=O)CS/C1=N\C(=O)N/C=C(\F)c1ccc(-c2ncn(-c3ccc(OC(F)(F)F)cc3)n2)cc1. The molecule has 0 unspecified atom stereocenters. The van der Waals surface area contributed by atoms with Crippen LogP contribution in [0.4, 0.5) is 28.0 Å². The van der Waals surface area contributed by atoms with Crippen molar-refractivity contribution >= 4 is 40.4 Å². The highest BCUT2D eigenvalue weighted by molar-refractivity contribution is 8.15. The summed E-state index contributed by atoms with van der Waals surface area (Å²) < 4.78 is 57.2. The van der Waals surface area contributed by atoms with Crippen LogP contribution in [-0.4, -0.2) is 44.0 Å². The van der Waals surface area contributed by atoms with E-state index < -0.39 is 18.2 Å². The number of aryl methyl sites for hydroxylation is 2. The smallest absolute Gasteiger partial charge is 0.406 e. The van der Waals surface area contributed by atoms with Crippen molar-refractivity contribution in [2.24, 2.45) is 4.99 Å². The van der Waals surface area contributed by atoms with Gasteiger partial charge in [-0.25, -0.2) is 18.9 Å². The van der Waals surface area contributed by atoms with E-state index in [9.17, 15) is 27.2 Å². The molecule has 3 aromatic carbocycles. The Hall–Kier alpha value is -4.98. The van der Waals surface area contributed by atoms with Gasteiger partial charge in [0.25, 0.3) is 0 Å². The molecule has 0 atom stereocenters. The summed E-state index contributed by atoms with van der Waals surface area (Å²) >= 11 is 1.12. The summed E-state index contributed by atoms with van der Waals surface area (Å²) in [6, 6.07) is 16.0. The number of aromatic nitrogens is 3. The highest BCUT2D eigenvalue weighted by Crippen LogP contribution is 2.32. The number of halogens is 4. The summed E-state index contributed by atoms with van der Waals surface area (Å²) in [4.78, 5) is 34.6. The van der Waals surface area contributed by atoms with Crippen LogP contribution in [0.1, 0.15) is 16.7 Å². The van der Waals surface area contributed by atoms with Gasteiger partial charge < -0.3 is 10.1 Å². The van der Waals surface area contributed by atoms with Crippen molar-refractivity contribution in [3.05, 3.63) is 95.9 Å². The zero-order chi connectivity index (χ0) is 30.7. The number of amides is 3. The van der Waals surface area contributed by atoms with Crippen LogP contribution >= 0.6 is 11.8 Å². The molecule has 9 nitrogen and oxygen atoms in total. The van der Waals surface area contributed by atoms with Crippen LogP contribution in [0.25, 0.3) is 22.9 Å². The highest BCUT2D eigenvalue weighted by Gasteiger charge is 2.32. The van der Waals surface area contributed by atoms with E-state index in [-0.39, 0.29) is 28.1 Å². The van der Waals surface area contributed by atoms with E-state index in [0.29, 0.717) is 22.8 Å². The number of anilines is 1. The fourth-order valence-electron chi connectivity index (χ4n) is 4.25. The van der Waals surface area contributed by atoms with Crippen molar-refractivity contribution in [3.63, 3.8) is 0 Å². The van der Waals surface area contributed by atoms with Crippen molar-refractivity contribution in [3.8, 4) is 22.8 Å². The number of amidine groups is 1. The number of para-hydroxylation sites is 1. The third-order valence-corrected chi connectivity index (χ3v) is 7.12. The van der Waals surface area contributed by atoms with Crippen LogP contribution in [0.15, 0.2) is 84.2 Å². The second kappa shape index (κ2) is 12.1. The molecule has 0 saturated carbocycles. The molecule has 5 rings (SSSR count). The molecule has 4 aromatic rings. The molecule has 0 aliphatic carbocycles. The normalized spacial score (nSPS) is 14.8. The molecule has 0 spiro atoms. The van der Waals surface area contributed by atoms with Crippen LogP contribution in [0, 0.1) is 13.8 Å². The Kier molecular flexibility index (Phi) is 8.30. The number of nitrogens with zero attached hydrogens (tertiary/aromatic N) is 5. The number of alkyl halides is 3. The summed E-state index contributed by atoms with van der Waals surface area (Å²) in [6.07, 6.45) is -2.52. The van der Waals surface area contributed by atoms with E-state index in [1.54, 1.807) is 12.1 Å². The topological polar surface area (TPSA) is 102 Å². The lowest BCUT2D eigenvalue weighted by atomic mass is 10.1. The Morgan fingerprint density at radius 1 is 1.05 bits per heavy atom.